The van der Waals surface area contributed by atoms with Gasteiger partial charge in [0.15, 0.2) is 0 Å². The first-order valence-electron chi connectivity index (χ1n) is 5.54. The first-order valence-corrected chi connectivity index (χ1v) is 6.33. The molecule has 1 atom stereocenters. The smallest absolute Gasteiger partial charge is 0.107 e. The molecule has 0 fully saturated rings. The maximum Gasteiger partial charge on any atom is 0.107 e. The van der Waals surface area contributed by atoms with Crippen molar-refractivity contribution in [1.82, 2.24) is 4.98 Å². The van der Waals surface area contributed by atoms with Crippen molar-refractivity contribution in [3.05, 3.63) is 28.0 Å². The molecule has 1 N–H and O–H groups in total. The highest BCUT2D eigenvalue weighted by Crippen LogP contribution is 2.35. The van der Waals surface area contributed by atoms with E-state index < -0.39 is 5.60 Å². The van der Waals surface area contributed by atoms with E-state index in [9.17, 15) is 5.11 Å². The molecule has 15 heavy (non-hydrogen) atoms. The third-order valence-corrected chi connectivity index (χ3v) is 3.70. The number of fused-ring (bicyclic) bond motifs is 1. The molecule has 0 bridgehead atoms. The van der Waals surface area contributed by atoms with Crippen LogP contribution in [0.1, 0.15) is 43.9 Å². The monoisotopic (exact) mass is 269 g/mol. The van der Waals surface area contributed by atoms with Crippen molar-refractivity contribution in [2.75, 3.05) is 0 Å². The molecule has 2 rings (SSSR count). The van der Waals surface area contributed by atoms with Crippen molar-refractivity contribution in [2.24, 2.45) is 0 Å². The quantitative estimate of drug-likeness (QED) is 0.628. The van der Waals surface area contributed by atoms with Gasteiger partial charge in [-0.25, -0.2) is 4.98 Å². The molecular formula is C12H16BrNO. The molecule has 1 aromatic heterocycles. The lowest BCUT2D eigenvalue weighted by atomic mass is 9.90. The van der Waals surface area contributed by atoms with Gasteiger partial charge in [-0.1, -0.05) is 13.0 Å². The lowest BCUT2D eigenvalue weighted by Gasteiger charge is -2.26. The fourth-order valence-corrected chi connectivity index (χ4v) is 2.57. The summed E-state index contributed by atoms with van der Waals surface area (Å²) in [5.41, 5.74) is 1.38. The van der Waals surface area contributed by atoms with Crippen LogP contribution in [0.3, 0.4) is 0 Å². The van der Waals surface area contributed by atoms with E-state index in [0.717, 1.165) is 42.4 Å². The van der Waals surface area contributed by atoms with Crippen LogP contribution in [0, 0.1) is 0 Å². The summed E-state index contributed by atoms with van der Waals surface area (Å²) >= 11 is 3.37. The van der Waals surface area contributed by atoms with Crippen molar-refractivity contribution in [2.45, 2.75) is 44.6 Å². The molecule has 0 aliphatic heterocycles. The zero-order valence-electron chi connectivity index (χ0n) is 8.96. The average Bonchev–Trinajstić information content (AvgIpc) is 2.40. The van der Waals surface area contributed by atoms with Crippen LogP contribution in [0.5, 0.6) is 0 Å². The molecule has 1 aromatic rings. The zero-order chi connectivity index (χ0) is 10.9. The van der Waals surface area contributed by atoms with Crippen molar-refractivity contribution < 1.29 is 5.11 Å². The van der Waals surface area contributed by atoms with Crippen molar-refractivity contribution in [3.8, 4) is 0 Å². The van der Waals surface area contributed by atoms with Gasteiger partial charge in [0.2, 0.25) is 0 Å². The standard InChI is InChI=1S/C12H16BrNO/c1-2-12(15)8-4-3-5-9-6-7-10(13)14-11(9)12/h6-7,15H,2-5,8H2,1H3. The first kappa shape index (κ1) is 11.1. The fourth-order valence-electron chi connectivity index (χ4n) is 2.26. The molecule has 0 radical (unpaired) electrons. The Kier molecular flexibility index (Phi) is 3.12. The normalized spacial score (nSPS) is 25.8. The number of rotatable bonds is 1. The fraction of sp³-hybridized carbons (Fsp3) is 0.583. The summed E-state index contributed by atoms with van der Waals surface area (Å²) in [6, 6.07) is 4.04. The molecular weight excluding hydrogens is 254 g/mol. The first-order chi connectivity index (χ1) is 7.15. The summed E-state index contributed by atoms with van der Waals surface area (Å²) in [4.78, 5) is 4.46. The van der Waals surface area contributed by atoms with Gasteiger partial charge in [-0.15, -0.1) is 0 Å². The minimum Gasteiger partial charge on any atom is -0.384 e. The second-order valence-electron chi connectivity index (χ2n) is 4.23. The average molecular weight is 270 g/mol. The van der Waals surface area contributed by atoms with Gasteiger partial charge in [0.25, 0.3) is 0 Å². The molecule has 3 heteroatoms. The van der Waals surface area contributed by atoms with Gasteiger partial charge < -0.3 is 5.11 Å². The van der Waals surface area contributed by atoms with E-state index in [0.29, 0.717) is 0 Å². The summed E-state index contributed by atoms with van der Waals surface area (Å²) in [5, 5.41) is 10.6. The minimum absolute atomic E-state index is 0.713. The van der Waals surface area contributed by atoms with E-state index >= 15 is 0 Å². The number of hydrogen-bond acceptors (Lipinski definition) is 2. The van der Waals surface area contributed by atoms with Crippen LogP contribution in [0.15, 0.2) is 16.7 Å². The highest BCUT2D eigenvalue weighted by molar-refractivity contribution is 9.10. The van der Waals surface area contributed by atoms with Gasteiger partial charge >= 0.3 is 0 Å². The molecule has 1 aliphatic rings. The predicted octanol–water partition coefficient (Wildman–Crippen LogP) is 3.17. The van der Waals surface area contributed by atoms with Gasteiger partial charge in [-0.2, -0.15) is 0 Å². The second-order valence-corrected chi connectivity index (χ2v) is 5.05. The Bertz CT molecular complexity index is 367. The van der Waals surface area contributed by atoms with Crippen LogP contribution in [-0.4, -0.2) is 10.1 Å². The summed E-state index contributed by atoms with van der Waals surface area (Å²) < 4.78 is 0.815. The number of halogens is 1. The van der Waals surface area contributed by atoms with Crippen molar-refractivity contribution in [1.29, 1.82) is 0 Å². The summed E-state index contributed by atoms with van der Waals surface area (Å²) in [6.45, 7) is 2.03. The Morgan fingerprint density at radius 2 is 2.27 bits per heavy atom. The molecule has 1 unspecified atom stereocenters. The summed E-state index contributed by atoms with van der Waals surface area (Å²) in [5.74, 6) is 0. The van der Waals surface area contributed by atoms with E-state index in [1.807, 2.05) is 13.0 Å². The summed E-state index contributed by atoms with van der Waals surface area (Å²) in [6.07, 6.45) is 4.85. The topological polar surface area (TPSA) is 33.1 Å². The Hall–Kier alpha value is -0.410. The zero-order valence-corrected chi connectivity index (χ0v) is 10.5. The van der Waals surface area contributed by atoms with Gasteiger partial charge in [0.1, 0.15) is 10.2 Å². The molecule has 0 aromatic carbocycles. The Morgan fingerprint density at radius 3 is 3.00 bits per heavy atom. The van der Waals surface area contributed by atoms with E-state index in [1.165, 1.54) is 5.56 Å². The third-order valence-electron chi connectivity index (χ3n) is 3.26. The van der Waals surface area contributed by atoms with E-state index in [2.05, 4.69) is 27.0 Å². The maximum atomic E-state index is 10.6. The maximum absolute atomic E-state index is 10.6. The van der Waals surface area contributed by atoms with Crippen LogP contribution in [0.2, 0.25) is 0 Å². The van der Waals surface area contributed by atoms with E-state index in [1.54, 1.807) is 0 Å². The molecule has 0 saturated carbocycles. The molecule has 0 saturated heterocycles. The Balaban J connectivity index is 2.52. The van der Waals surface area contributed by atoms with Crippen LogP contribution in [0.4, 0.5) is 0 Å². The molecule has 2 nitrogen and oxygen atoms in total. The van der Waals surface area contributed by atoms with Gasteiger partial charge in [0, 0.05) is 0 Å². The van der Waals surface area contributed by atoms with Gasteiger partial charge in [0.05, 0.1) is 5.69 Å². The van der Waals surface area contributed by atoms with E-state index in [-0.39, 0.29) is 0 Å². The number of nitrogens with zero attached hydrogens (tertiary/aromatic N) is 1. The van der Waals surface area contributed by atoms with E-state index in [4.69, 9.17) is 0 Å². The molecule has 0 spiro atoms. The van der Waals surface area contributed by atoms with Crippen molar-refractivity contribution >= 4 is 15.9 Å². The lowest BCUT2D eigenvalue weighted by Crippen LogP contribution is -2.26. The Labute approximate surface area is 98.9 Å². The molecule has 0 amide bonds. The number of aromatic nitrogens is 1. The third kappa shape index (κ3) is 2.08. The number of hydrogen-bond donors (Lipinski definition) is 1. The summed E-state index contributed by atoms with van der Waals surface area (Å²) in [7, 11) is 0. The largest absolute Gasteiger partial charge is 0.384 e. The number of aliphatic hydroxyl groups is 1. The number of aryl methyl sites for hydroxylation is 1. The molecule has 1 aliphatic carbocycles. The highest BCUT2D eigenvalue weighted by atomic mass is 79.9. The Morgan fingerprint density at radius 1 is 1.47 bits per heavy atom. The van der Waals surface area contributed by atoms with Crippen LogP contribution in [0.25, 0.3) is 0 Å². The molecule has 1 heterocycles. The lowest BCUT2D eigenvalue weighted by molar-refractivity contribution is 0.0185. The minimum atomic E-state index is -0.713. The SMILES string of the molecule is CCC1(O)CCCCc2ccc(Br)nc21. The van der Waals surface area contributed by atoms with Crippen LogP contribution >= 0.6 is 15.9 Å². The second kappa shape index (κ2) is 4.22. The van der Waals surface area contributed by atoms with Crippen molar-refractivity contribution in [3.63, 3.8) is 0 Å². The highest BCUT2D eigenvalue weighted by Gasteiger charge is 2.32. The van der Waals surface area contributed by atoms with Crippen LogP contribution in [-0.2, 0) is 12.0 Å². The predicted molar refractivity (Wildman–Crippen MR) is 63.7 cm³/mol. The number of pyridine rings is 1. The van der Waals surface area contributed by atoms with Gasteiger partial charge in [-0.05, 0) is 59.7 Å². The van der Waals surface area contributed by atoms with Gasteiger partial charge in [-0.3, -0.25) is 0 Å². The van der Waals surface area contributed by atoms with Crippen LogP contribution < -0.4 is 0 Å². The molecule has 82 valence electrons.